The lowest BCUT2D eigenvalue weighted by Crippen LogP contribution is -2.16. The molecule has 2 aromatic rings. The van der Waals surface area contributed by atoms with E-state index in [1.807, 2.05) is 6.07 Å². The molecule has 0 fully saturated rings. The molecular weight excluding hydrogens is 236 g/mol. The quantitative estimate of drug-likeness (QED) is 0.914. The first-order chi connectivity index (χ1) is 9.24. The molecule has 4 heteroatoms. The summed E-state index contributed by atoms with van der Waals surface area (Å²) in [7, 11) is 0. The lowest BCUT2D eigenvalue weighted by molar-refractivity contribution is 0.883. The van der Waals surface area contributed by atoms with Crippen LogP contribution in [-0.4, -0.2) is 22.6 Å². The predicted molar refractivity (Wildman–Crippen MR) is 77.9 cm³/mol. The van der Waals surface area contributed by atoms with Gasteiger partial charge in [-0.1, -0.05) is 18.2 Å². The monoisotopic (exact) mass is 254 g/mol. The average molecular weight is 254 g/mol. The fraction of sp³-hybridized carbons (Fsp3) is 0.333. The minimum atomic E-state index is 0.369. The van der Waals surface area contributed by atoms with E-state index >= 15 is 0 Å². The second-order valence-corrected chi connectivity index (χ2v) is 5.09. The Morgan fingerprint density at radius 1 is 1.21 bits per heavy atom. The van der Waals surface area contributed by atoms with Crippen molar-refractivity contribution >= 4 is 17.3 Å². The van der Waals surface area contributed by atoms with Gasteiger partial charge >= 0.3 is 0 Å². The molecule has 0 unspecified atom stereocenters. The molecule has 0 saturated heterocycles. The van der Waals surface area contributed by atoms with E-state index in [-0.39, 0.29) is 0 Å². The van der Waals surface area contributed by atoms with E-state index < -0.39 is 0 Å². The van der Waals surface area contributed by atoms with Gasteiger partial charge in [0.15, 0.2) is 0 Å². The fourth-order valence-corrected chi connectivity index (χ4v) is 2.45. The van der Waals surface area contributed by atoms with Crippen molar-refractivity contribution < 1.29 is 0 Å². The normalized spacial score (nSPS) is 13.7. The molecule has 1 aromatic carbocycles. The van der Waals surface area contributed by atoms with Gasteiger partial charge in [-0.3, -0.25) is 0 Å². The van der Waals surface area contributed by atoms with Crippen LogP contribution >= 0.6 is 0 Å². The van der Waals surface area contributed by atoms with E-state index in [9.17, 15) is 0 Å². The molecule has 1 aliphatic rings. The Labute approximate surface area is 113 Å². The standard InChI is InChI=1S/C15H18N4/c1-11(2)18-14-9-15(17-10-16-14)19-8-7-12-5-3-4-6-13(12)19/h3-6,9-11H,7-8H2,1-2H3,(H,16,17,18). The maximum atomic E-state index is 4.40. The molecule has 1 aromatic heterocycles. The van der Waals surface area contributed by atoms with Crippen LogP contribution in [0.3, 0.4) is 0 Å². The fourth-order valence-electron chi connectivity index (χ4n) is 2.45. The van der Waals surface area contributed by atoms with Crippen LogP contribution < -0.4 is 10.2 Å². The first-order valence-corrected chi connectivity index (χ1v) is 6.68. The zero-order chi connectivity index (χ0) is 13.2. The highest BCUT2D eigenvalue weighted by Crippen LogP contribution is 2.33. The molecule has 0 aliphatic carbocycles. The van der Waals surface area contributed by atoms with E-state index in [0.29, 0.717) is 6.04 Å². The molecule has 0 atom stereocenters. The highest BCUT2D eigenvalue weighted by atomic mass is 15.2. The summed E-state index contributed by atoms with van der Waals surface area (Å²) in [4.78, 5) is 10.9. The van der Waals surface area contributed by atoms with Gasteiger partial charge in [-0.05, 0) is 31.9 Å². The maximum Gasteiger partial charge on any atom is 0.138 e. The molecule has 1 aliphatic heterocycles. The summed E-state index contributed by atoms with van der Waals surface area (Å²) in [6.45, 7) is 5.19. The van der Waals surface area contributed by atoms with Crippen molar-refractivity contribution in [2.75, 3.05) is 16.8 Å². The Morgan fingerprint density at radius 2 is 2.05 bits per heavy atom. The van der Waals surface area contributed by atoms with Crippen molar-refractivity contribution in [3.63, 3.8) is 0 Å². The number of fused-ring (bicyclic) bond motifs is 1. The van der Waals surface area contributed by atoms with Gasteiger partial charge in [0.05, 0.1) is 0 Å². The molecule has 4 nitrogen and oxygen atoms in total. The van der Waals surface area contributed by atoms with E-state index in [2.05, 4.69) is 58.3 Å². The van der Waals surface area contributed by atoms with Crippen molar-refractivity contribution in [1.29, 1.82) is 0 Å². The Bertz CT molecular complexity index is 580. The minimum Gasteiger partial charge on any atom is -0.368 e. The van der Waals surface area contributed by atoms with Gasteiger partial charge in [0.25, 0.3) is 0 Å². The Morgan fingerprint density at radius 3 is 2.89 bits per heavy atom. The second kappa shape index (κ2) is 4.88. The predicted octanol–water partition coefficient (Wildman–Crippen LogP) is 2.99. The van der Waals surface area contributed by atoms with Gasteiger partial charge in [0, 0.05) is 24.3 Å². The van der Waals surface area contributed by atoms with Gasteiger partial charge in [-0.15, -0.1) is 0 Å². The summed E-state index contributed by atoms with van der Waals surface area (Å²) in [6.07, 6.45) is 2.70. The van der Waals surface area contributed by atoms with E-state index in [1.165, 1.54) is 11.3 Å². The van der Waals surface area contributed by atoms with Crippen LogP contribution in [0.4, 0.5) is 17.3 Å². The Hall–Kier alpha value is -2.10. The van der Waals surface area contributed by atoms with Gasteiger partial charge < -0.3 is 10.2 Å². The lowest BCUT2D eigenvalue weighted by atomic mass is 10.2. The molecule has 3 rings (SSSR count). The summed E-state index contributed by atoms with van der Waals surface area (Å²) < 4.78 is 0. The number of aromatic nitrogens is 2. The number of nitrogens with one attached hydrogen (secondary N) is 1. The first kappa shape index (κ1) is 12.0. The number of anilines is 3. The van der Waals surface area contributed by atoms with Crippen molar-refractivity contribution in [2.24, 2.45) is 0 Å². The SMILES string of the molecule is CC(C)Nc1cc(N2CCc3ccccc32)ncn1. The van der Waals surface area contributed by atoms with Gasteiger partial charge in [0.2, 0.25) is 0 Å². The molecule has 98 valence electrons. The maximum absolute atomic E-state index is 4.40. The van der Waals surface area contributed by atoms with E-state index in [4.69, 9.17) is 0 Å². The average Bonchev–Trinajstić information content (AvgIpc) is 2.82. The Kier molecular flexibility index (Phi) is 3.07. The van der Waals surface area contributed by atoms with Gasteiger partial charge in [0.1, 0.15) is 18.0 Å². The lowest BCUT2D eigenvalue weighted by Gasteiger charge is -2.19. The molecule has 19 heavy (non-hydrogen) atoms. The van der Waals surface area contributed by atoms with Crippen LogP contribution in [0.2, 0.25) is 0 Å². The molecular formula is C15H18N4. The second-order valence-electron chi connectivity index (χ2n) is 5.09. The largest absolute Gasteiger partial charge is 0.368 e. The van der Waals surface area contributed by atoms with E-state index in [1.54, 1.807) is 6.33 Å². The minimum absolute atomic E-state index is 0.369. The number of para-hydroxylation sites is 1. The summed E-state index contributed by atoms with van der Waals surface area (Å²) >= 11 is 0. The zero-order valence-corrected chi connectivity index (χ0v) is 11.3. The van der Waals surface area contributed by atoms with E-state index in [0.717, 1.165) is 24.6 Å². The van der Waals surface area contributed by atoms with Crippen molar-refractivity contribution in [2.45, 2.75) is 26.3 Å². The highest BCUT2D eigenvalue weighted by Gasteiger charge is 2.20. The van der Waals surface area contributed by atoms with Crippen molar-refractivity contribution in [1.82, 2.24) is 9.97 Å². The Balaban J connectivity index is 1.91. The summed E-state index contributed by atoms with van der Waals surface area (Å²) in [5.41, 5.74) is 2.65. The van der Waals surface area contributed by atoms with Crippen LogP contribution in [0, 0.1) is 0 Å². The molecule has 0 saturated carbocycles. The third-order valence-corrected chi connectivity index (χ3v) is 3.25. The first-order valence-electron chi connectivity index (χ1n) is 6.68. The molecule has 0 bridgehead atoms. The van der Waals surface area contributed by atoms with Crippen molar-refractivity contribution in [3.05, 3.63) is 42.2 Å². The molecule has 1 N–H and O–H groups in total. The number of hydrogen-bond acceptors (Lipinski definition) is 4. The van der Waals surface area contributed by atoms with Crippen LogP contribution in [0.15, 0.2) is 36.7 Å². The molecule has 0 spiro atoms. The topological polar surface area (TPSA) is 41.0 Å². The molecule has 2 heterocycles. The molecule has 0 amide bonds. The summed E-state index contributed by atoms with van der Waals surface area (Å²) in [5, 5.41) is 3.31. The number of rotatable bonds is 3. The number of nitrogens with zero attached hydrogens (tertiary/aromatic N) is 3. The van der Waals surface area contributed by atoms with Gasteiger partial charge in [-0.25, -0.2) is 9.97 Å². The number of hydrogen-bond donors (Lipinski definition) is 1. The zero-order valence-electron chi connectivity index (χ0n) is 11.3. The highest BCUT2D eigenvalue weighted by molar-refractivity contribution is 5.68. The van der Waals surface area contributed by atoms with Crippen LogP contribution in [0.5, 0.6) is 0 Å². The third kappa shape index (κ3) is 2.38. The number of benzene rings is 1. The van der Waals surface area contributed by atoms with Gasteiger partial charge in [-0.2, -0.15) is 0 Å². The summed E-state index contributed by atoms with van der Waals surface area (Å²) in [6, 6.07) is 10.9. The third-order valence-electron chi connectivity index (χ3n) is 3.25. The van der Waals surface area contributed by atoms with Crippen LogP contribution in [0.25, 0.3) is 0 Å². The van der Waals surface area contributed by atoms with Crippen molar-refractivity contribution in [3.8, 4) is 0 Å². The summed E-state index contributed by atoms with van der Waals surface area (Å²) in [5.74, 6) is 1.84. The molecule has 0 radical (unpaired) electrons. The van der Waals surface area contributed by atoms with Crippen LogP contribution in [-0.2, 0) is 6.42 Å². The van der Waals surface area contributed by atoms with Crippen LogP contribution in [0.1, 0.15) is 19.4 Å². The smallest absolute Gasteiger partial charge is 0.138 e.